The molecule has 2 atom stereocenters. The lowest BCUT2D eigenvalue weighted by atomic mass is 9.88. The fraction of sp³-hybridized carbons (Fsp3) is 0.188. The highest BCUT2D eigenvalue weighted by Crippen LogP contribution is 2.22. The molecule has 0 bridgehead atoms. The molecule has 0 saturated carbocycles. The Morgan fingerprint density at radius 1 is 0.763 bits per heavy atom. The summed E-state index contributed by atoms with van der Waals surface area (Å²) in [4.78, 5) is 13.3. The van der Waals surface area contributed by atoms with Gasteiger partial charge in [-0.15, -0.1) is 0 Å². The van der Waals surface area contributed by atoms with Crippen molar-refractivity contribution in [3.05, 3.63) is 131 Å². The third-order valence-electron chi connectivity index (χ3n) is 6.82. The number of amidine groups is 1. The van der Waals surface area contributed by atoms with E-state index in [2.05, 4.69) is 5.32 Å². The Kier molecular flexibility index (Phi) is 9.03. The Morgan fingerprint density at radius 3 is 2.00 bits per heavy atom. The van der Waals surface area contributed by atoms with Crippen LogP contribution in [-0.4, -0.2) is 29.5 Å². The predicted octanol–water partition coefficient (Wildman–Crippen LogP) is 4.29. The number of nitrogen functional groups attached to an aromatic ring is 1. The summed E-state index contributed by atoms with van der Waals surface area (Å²) >= 11 is 0. The van der Waals surface area contributed by atoms with E-state index >= 15 is 0 Å². The molecule has 38 heavy (non-hydrogen) atoms. The van der Waals surface area contributed by atoms with Gasteiger partial charge in [-0.2, -0.15) is 0 Å². The lowest BCUT2D eigenvalue weighted by Crippen LogP contribution is -2.44. The minimum absolute atomic E-state index is 0.000284. The van der Waals surface area contributed by atoms with Gasteiger partial charge >= 0.3 is 0 Å². The van der Waals surface area contributed by atoms with Gasteiger partial charge in [-0.1, -0.05) is 84.9 Å². The van der Waals surface area contributed by atoms with Crippen molar-refractivity contribution in [1.82, 2.24) is 5.32 Å². The first-order chi connectivity index (χ1) is 18.5. The van der Waals surface area contributed by atoms with E-state index in [0.717, 1.165) is 27.8 Å². The topological polar surface area (TPSA) is 125 Å². The SMILES string of the molecule is N=C(N)c1cccc(CC(CO)C(Cc2ccccc2)NC(=O)c2ccc(-c3ccc(CN)cc3)cc2)c1. The van der Waals surface area contributed by atoms with E-state index in [1.54, 1.807) is 6.07 Å². The number of amides is 1. The zero-order valence-corrected chi connectivity index (χ0v) is 21.3. The monoisotopic (exact) mass is 506 g/mol. The van der Waals surface area contributed by atoms with Crippen molar-refractivity contribution in [2.45, 2.75) is 25.4 Å². The predicted molar refractivity (Wildman–Crippen MR) is 153 cm³/mol. The van der Waals surface area contributed by atoms with Gasteiger partial charge in [0.1, 0.15) is 5.84 Å². The molecular weight excluding hydrogens is 472 g/mol. The number of aliphatic hydroxyl groups is 1. The van der Waals surface area contributed by atoms with Crippen LogP contribution in [0.4, 0.5) is 0 Å². The Labute approximate surface area is 223 Å². The molecule has 0 aliphatic rings. The van der Waals surface area contributed by atoms with Crippen molar-refractivity contribution in [2.24, 2.45) is 17.4 Å². The molecule has 0 spiro atoms. The average molecular weight is 507 g/mol. The van der Waals surface area contributed by atoms with E-state index in [1.807, 2.05) is 97.1 Å². The Bertz CT molecular complexity index is 1350. The number of hydrogen-bond acceptors (Lipinski definition) is 4. The van der Waals surface area contributed by atoms with Crippen LogP contribution in [-0.2, 0) is 19.4 Å². The molecule has 1 amide bonds. The zero-order valence-electron chi connectivity index (χ0n) is 21.3. The number of carbonyl (C=O) groups is 1. The van der Waals surface area contributed by atoms with E-state index in [0.29, 0.717) is 30.5 Å². The van der Waals surface area contributed by atoms with Crippen molar-refractivity contribution >= 4 is 11.7 Å². The average Bonchev–Trinajstić information content (AvgIpc) is 2.96. The van der Waals surface area contributed by atoms with Gasteiger partial charge in [-0.05, 0) is 58.9 Å². The first-order valence-electron chi connectivity index (χ1n) is 12.7. The fourth-order valence-electron chi connectivity index (χ4n) is 4.61. The van der Waals surface area contributed by atoms with E-state index < -0.39 is 0 Å². The van der Waals surface area contributed by atoms with Crippen LogP contribution in [0.5, 0.6) is 0 Å². The zero-order chi connectivity index (χ0) is 26.9. The Balaban J connectivity index is 1.53. The van der Waals surface area contributed by atoms with Gasteiger partial charge in [0.25, 0.3) is 5.91 Å². The maximum absolute atomic E-state index is 13.3. The van der Waals surface area contributed by atoms with Crippen LogP contribution in [0, 0.1) is 11.3 Å². The molecular formula is C32H34N4O2. The number of carbonyl (C=O) groups excluding carboxylic acids is 1. The van der Waals surface area contributed by atoms with Crippen molar-refractivity contribution in [2.75, 3.05) is 6.61 Å². The molecule has 4 aromatic carbocycles. The second-order valence-corrected chi connectivity index (χ2v) is 9.51. The van der Waals surface area contributed by atoms with Crippen LogP contribution in [0.15, 0.2) is 103 Å². The summed E-state index contributed by atoms with van der Waals surface area (Å²) in [5.74, 6) is -0.422. The summed E-state index contributed by atoms with van der Waals surface area (Å²) in [6.45, 7) is 0.403. The summed E-state index contributed by atoms with van der Waals surface area (Å²) in [6, 6.07) is 32.7. The van der Waals surface area contributed by atoms with E-state index in [-0.39, 0.29) is 30.3 Å². The van der Waals surface area contributed by atoms with E-state index in [1.165, 1.54) is 0 Å². The number of rotatable bonds is 11. The molecule has 0 aliphatic carbocycles. The van der Waals surface area contributed by atoms with Crippen LogP contribution in [0.1, 0.15) is 32.6 Å². The highest BCUT2D eigenvalue weighted by Gasteiger charge is 2.24. The molecule has 194 valence electrons. The van der Waals surface area contributed by atoms with Gasteiger partial charge in [0.15, 0.2) is 0 Å². The molecule has 0 aromatic heterocycles. The lowest BCUT2D eigenvalue weighted by Gasteiger charge is -2.27. The quantitative estimate of drug-likeness (QED) is 0.154. The highest BCUT2D eigenvalue weighted by molar-refractivity contribution is 5.95. The first kappa shape index (κ1) is 26.8. The second kappa shape index (κ2) is 12.8. The molecule has 0 aliphatic heterocycles. The van der Waals surface area contributed by atoms with Crippen LogP contribution in [0.25, 0.3) is 11.1 Å². The van der Waals surface area contributed by atoms with Crippen molar-refractivity contribution in [1.29, 1.82) is 5.41 Å². The molecule has 4 rings (SSSR count). The summed E-state index contributed by atoms with van der Waals surface area (Å²) < 4.78 is 0. The number of nitrogens with one attached hydrogen (secondary N) is 2. The lowest BCUT2D eigenvalue weighted by molar-refractivity contribution is 0.0903. The van der Waals surface area contributed by atoms with Gasteiger partial charge in [0.2, 0.25) is 0 Å². The maximum atomic E-state index is 13.3. The molecule has 6 heteroatoms. The van der Waals surface area contributed by atoms with Gasteiger partial charge in [0.05, 0.1) is 0 Å². The highest BCUT2D eigenvalue weighted by atomic mass is 16.3. The summed E-state index contributed by atoms with van der Waals surface area (Å²) in [5.41, 5.74) is 17.7. The minimum atomic E-state index is -0.306. The third-order valence-corrected chi connectivity index (χ3v) is 6.82. The molecule has 4 aromatic rings. The molecule has 6 nitrogen and oxygen atoms in total. The molecule has 0 saturated heterocycles. The fourth-order valence-corrected chi connectivity index (χ4v) is 4.61. The van der Waals surface area contributed by atoms with Gasteiger partial charge in [0, 0.05) is 36.2 Å². The summed E-state index contributed by atoms with van der Waals surface area (Å²) in [6.07, 6.45) is 1.11. The first-order valence-corrected chi connectivity index (χ1v) is 12.7. The molecule has 0 fully saturated rings. The van der Waals surface area contributed by atoms with Crippen LogP contribution in [0.2, 0.25) is 0 Å². The maximum Gasteiger partial charge on any atom is 0.251 e. The van der Waals surface area contributed by atoms with Crippen LogP contribution in [0.3, 0.4) is 0 Å². The Hall–Kier alpha value is -4.26. The molecule has 2 unspecified atom stereocenters. The van der Waals surface area contributed by atoms with Gasteiger partial charge in [-0.25, -0.2) is 0 Å². The van der Waals surface area contributed by atoms with Crippen LogP contribution < -0.4 is 16.8 Å². The second-order valence-electron chi connectivity index (χ2n) is 9.51. The number of hydrogen-bond donors (Lipinski definition) is 5. The van der Waals surface area contributed by atoms with Crippen molar-refractivity contribution in [3.63, 3.8) is 0 Å². The molecule has 0 heterocycles. The van der Waals surface area contributed by atoms with Crippen LogP contribution >= 0.6 is 0 Å². The molecule has 0 radical (unpaired) electrons. The number of aliphatic hydroxyl groups excluding tert-OH is 1. The van der Waals surface area contributed by atoms with Crippen molar-refractivity contribution < 1.29 is 9.90 Å². The molecule has 7 N–H and O–H groups in total. The van der Waals surface area contributed by atoms with Gasteiger partial charge < -0.3 is 21.9 Å². The largest absolute Gasteiger partial charge is 0.396 e. The Morgan fingerprint density at radius 2 is 1.39 bits per heavy atom. The number of benzene rings is 4. The van der Waals surface area contributed by atoms with Crippen molar-refractivity contribution in [3.8, 4) is 11.1 Å². The smallest absolute Gasteiger partial charge is 0.251 e. The minimum Gasteiger partial charge on any atom is -0.396 e. The third kappa shape index (κ3) is 6.94. The van der Waals surface area contributed by atoms with E-state index in [4.69, 9.17) is 16.9 Å². The van der Waals surface area contributed by atoms with Gasteiger partial charge in [-0.3, -0.25) is 10.2 Å². The van der Waals surface area contributed by atoms with E-state index in [9.17, 15) is 9.90 Å². The summed E-state index contributed by atoms with van der Waals surface area (Å²) in [7, 11) is 0. The standard InChI is InChI=1S/C32H34N4O2/c33-20-23-9-11-25(12-10-23)26-13-15-27(16-14-26)32(38)36-30(19-22-5-2-1-3-6-22)29(21-37)18-24-7-4-8-28(17-24)31(34)35/h1-17,29-30,37H,18-21,33H2,(H3,34,35)(H,36,38). The summed E-state index contributed by atoms with van der Waals surface area (Å²) in [5, 5.41) is 21.3. The number of nitrogens with two attached hydrogens (primary N) is 2. The normalized spacial score (nSPS) is 12.5.